The standard InChI is InChI=1S/C28H37N7O3S/c1-21-5-6-24-17-25(21)27(36)31-26(9-16-39-2)28(37)30-10-3-13-34(18-22-7-11-29-12-8-22)19-23-20-35(33-32-23)14-4-15-38-24/h5-8,11-12,17,20,26H,3-4,9-10,13-16,18-19H2,1-2H3,(H,30,37)(H,31,36)/t26-/m0/s1. The number of amides is 2. The van der Waals surface area contributed by atoms with Gasteiger partial charge in [0.15, 0.2) is 0 Å². The summed E-state index contributed by atoms with van der Waals surface area (Å²) < 4.78 is 7.78. The van der Waals surface area contributed by atoms with Gasteiger partial charge in [-0.15, -0.1) is 5.10 Å². The predicted octanol–water partition coefficient (Wildman–Crippen LogP) is 2.82. The summed E-state index contributed by atoms with van der Waals surface area (Å²) in [5.41, 5.74) is 3.39. The van der Waals surface area contributed by atoms with Crippen LogP contribution >= 0.6 is 11.8 Å². The van der Waals surface area contributed by atoms with Crippen molar-refractivity contribution in [2.45, 2.75) is 51.9 Å². The van der Waals surface area contributed by atoms with Crippen molar-refractivity contribution in [1.29, 1.82) is 0 Å². The van der Waals surface area contributed by atoms with E-state index in [0.717, 1.165) is 48.5 Å². The Morgan fingerprint density at radius 3 is 2.79 bits per heavy atom. The second kappa shape index (κ2) is 14.6. The van der Waals surface area contributed by atoms with Gasteiger partial charge in [-0.05, 0) is 67.2 Å². The van der Waals surface area contributed by atoms with Gasteiger partial charge in [0, 0.05) is 63.3 Å². The number of hydrogen-bond acceptors (Lipinski definition) is 8. The minimum Gasteiger partial charge on any atom is -0.494 e. The van der Waals surface area contributed by atoms with Gasteiger partial charge >= 0.3 is 0 Å². The fourth-order valence-electron chi connectivity index (χ4n) is 4.44. The molecular weight excluding hydrogens is 514 g/mol. The number of aromatic nitrogens is 4. The number of carbonyl (C=O) groups excluding carboxylic acids is 2. The van der Waals surface area contributed by atoms with Gasteiger partial charge in [-0.25, -0.2) is 0 Å². The van der Waals surface area contributed by atoms with Gasteiger partial charge in [0.05, 0.1) is 12.3 Å². The maximum atomic E-state index is 13.2. The molecule has 208 valence electrons. The van der Waals surface area contributed by atoms with E-state index >= 15 is 0 Å². The fraction of sp³-hybridized carbons (Fsp3) is 0.464. The maximum absolute atomic E-state index is 13.2. The summed E-state index contributed by atoms with van der Waals surface area (Å²) >= 11 is 1.65. The van der Waals surface area contributed by atoms with Crippen LogP contribution in [-0.4, -0.2) is 74.4 Å². The van der Waals surface area contributed by atoms with Crippen molar-refractivity contribution >= 4 is 23.6 Å². The summed E-state index contributed by atoms with van der Waals surface area (Å²) in [4.78, 5) is 32.7. The number of nitrogens with one attached hydrogen (secondary N) is 2. The molecule has 39 heavy (non-hydrogen) atoms. The van der Waals surface area contributed by atoms with E-state index in [1.54, 1.807) is 30.2 Å². The van der Waals surface area contributed by atoms with Gasteiger partial charge in [0.2, 0.25) is 5.91 Å². The second-order valence-corrected chi connectivity index (χ2v) is 10.7. The lowest BCUT2D eigenvalue weighted by atomic mass is 10.1. The van der Waals surface area contributed by atoms with E-state index in [1.807, 2.05) is 48.3 Å². The van der Waals surface area contributed by atoms with Gasteiger partial charge < -0.3 is 15.4 Å². The molecule has 1 aliphatic rings. The molecule has 0 unspecified atom stereocenters. The zero-order valence-electron chi connectivity index (χ0n) is 22.6. The van der Waals surface area contributed by atoms with Crippen molar-refractivity contribution in [2.24, 2.45) is 0 Å². The zero-order chi connectivity index (χ0) is 27.5. The molecule has 11 heteroatoms. The van der Waals surface area contributed by atoms with Crippen LogP contribution in [0.4, 0.5) is 0 Å². The van der Waals surface area contributed by atoms with E-state index in [-0.39, 0.29) is 11.8 Å². The average molecular weight is 552 g/mol. The van der Waals surface area contributed by atoms with Gasteiger partial charge in [-0.2, -0.15) is 11.8 Å². The Labute approximate surface area is 233 Å². The largest absolute Gasteiger partial charge is 0.494 e. The Bertz CT molecular complexity index is 1220. The number of benzene rings is 1. The number of carbonyl (C=O) groups is 2. The third-order valence-corrected chi connectivity index (χ3v) is 7.21. The molecule has 3 heterocycles. The number of hydrogen-bond donors (Lipinski definition) is 2. The SMILES string of the molecule is CSCC[C@@H]1NC(=O)c2cc(ccc2C)OCCCn2cc(nn2)CN(Cc2ccncc2)CCCNC1=O. The van der Waals surface area contributed by atoms with Crippen LogP contribution in [0.15, 0.2) is 48.9 Å². The van der Waals surface area contributed by atoms with Gasteiger partial charge in [0.1, 0.15) is 11.8 Å². The molecule has 0 fully saturated rings. The van der Waals surface area contributed by atoms with Crippen molar-refractivity contribution in [3.05, 3.63) is 71.3 Å². The molecule has 4 bridgehead atoms. The second-order valence-electron chi connectivity index (χ2n) is 9.67. The molecule has 1 aromatic carbocycles. The minimum absolute atomic E-state index is 0.166. The number of pyridine rings is 1. The summed E-state index contributed by atoms with van der Waals surface area (Å²) in [6.45, 7) is 5.69. The molecule has 0 spiro atoms. The summed E-state index contributed by atoms with van der Waals surface area (Å²) in [6.07, 6.45) is 9.61. The molecule has 2 aromatic heterocycles. The molecule has 2 N–H and O–H groups in total. The first kappa shape index (κ1) is 28.6. The molecule has 0 saturated heterocycles. The number of fused-ring (bicyclic) bond motifs is 4. The Balaban J connectivity index is 1.51. The lowest BCUT2D eigenvalue weighted by Gasteiger charge is -2.22. The molecule has 4 rings (SSSR count). The van der Waals surface area contributed by atoms with Gasteiger partial charge in [0.25, 0.3) is 5.91 Å². The van der Waals surface area contributed by atoms with Crippen molar-refractivity contribution in [3.8, 4) is 5.75 Å². The van der Waals surface area contributed by atoms with Crippen LogP contribution in [0.1, 0.15) is 46.4 Å². The molecule has 1 aliphatic heterocycles. The van der Waals surface area contributed by atoms with E-state index < -0.39 is 6.04 Å². The smallest absolute Gasteiger partial charge is 0.252 e. The van der Waals surface area contributed by atoms with Gasteiger partial charge in [-0.3, -0.25) is 24.2 Å². The molecule has 0 radical (unpaired) electrons. The van der Waals surface area contributed by atoms with E-state index in [4.69, 9.17) is 4.74 Å². The Morgan fingerprint density at radius 1 is 1.13 bits per heavy atom. The predicted molar refractivity (Wildman–Crippen MR) is 152 cm³/mol. The lowest BCUT2D eigenvalue weighted by molar-refractivity contribution is -0.123. The number of aryl methyl sites for hydroxylation is 2. The van der Waals surface area contributed by atoms with Crippen molar-refractivity contribution < 1.29 is 14.3 Å². The Kier molecular flexibility index (Phi) is 10.7. The molecule has 3 aromatic rings. The molecule has 0 saturated carbocycles. The van der Waals surface area contributed by atoms with Crippen LogP contribution in [-0.2, 0) is 24.4 Å². The highest BCUT2D eigenvalue weighted by molar-refractivity contribution is 7.98. The fourth-order valence-corrected chi connectivity index (χ4v) is 4.91. The monoisotopic (exact) mass is 551 g/mol. The van der Waals surface area contributed by atoms with E-state index in [9.17, 15) is 9.59 Å². The highest BCUT2D eigenvalue weighted by atomic mass is 32.2. The molecule has 10 nitrogen and oxygen atoms in total. The summed E-state index contributed by atoms with van der Waals surface area (Å²) in [7, 11) is 0. The van der Waals surface area contributed by atoms with E-state index in [1.165, 1.54) is 0 Å². The number of ether oxygens (including phenoxy) is 1. The van der Waals surface area contributed by atoms with E-state index in [0.29, 0.717) is 44.0 Å². The van der Waals surface area contributed by atoms with Gasteiger partial charge in [-0.1, -0.05) is 11.3 Å². The first-order valence-electron chi connectivity index (χ1n) is 13.3. The van der Waals surface area contributed by atoms with Crippen LogP contribution in [0.2, 0.25) is 0 Å². The highest BCUT2D eigenvalue weighted by Crippen LogP contribution is 2.18. The molecule has 0 aliphatic carbocycles. The minimum atomic E-state index is -0.609. The first-order chi connectivity index (χ1) is 19.0. The topological polar surface area (TPSA) is 114 Å². The molecule has 1 atom stereocenters. The highest BCUT2D eigenvalue weighted by Gasteiger charge is 2.22. The zero-order valence-corrected chi connectivity index (χ0v) is 23.5. The average Bonchev–Trinajstić information content (AvgIpc) is 3.39. The first-order valence-corrected chi connectivity index (χ1v) is 14.7. The van der Waals surface area contributed by atoms with Crippen molar-refractivity contribution in [3.63, 3.8) is 0 Å². The van der Waals surface area contributed by atoms with E-state index in [2.05, 4.69) is 30.8 Å². The summed E-state index contributed by atoms with van der Waals surface area (Å²) in [6, 6.07) is 8.88. The van der Waals surface area contributed by atoms with Crippen LogP contribution in [0.25, 0.3) is 0 Å². The third kappa shape index (κ3) is 8.79. The Morgan fingerprint density at radius 2 is 1.97 bits per heavy atom. The Hall–Kier alpha value is -3.44. The number of nitrogens with zero attached hydrogens (tertiary/aromatic N) is 5. The van der Waals surface area contributed by atoms with Crippen molar-refractivity contribution in [1.82, 2.24) is 35.5 Å². The molecule has 2 amide bonds. The van der Waals surface area contributed by atoms with Crippen LogP contribution < -0.4 is 15.4 Å². The van der Waals surface area contributed by atoms with Crippen LogP contribution in [0.5, 0.6) is 5.75 Å². The summed E-state index contributed by atoms with van der Waals surface area (Å²) in [5, 5.41) is 14.7. The quantitative estimate of drug-likeness (QED) is 0.498. The third-order valence-electron chi connectivity index (χ3n) is 6.56. The molecular formula is C28H37N7O3S. The van der Waals surface area contributed by atoms with Crippen LogP contribution in [0.3, 0.4) is 0 Å². The summed E-state index contributed by atoms with van der Waals surface area (Å²) in [5.74, 6) is 0.949. The number of thioether (sulfide) groups is 1. The number of rotatable bonds is 5. The normalized spacial score (nSPS) is 18.1. The van der Waals surface area contributed by atoms with Crippen LogP contribution in [0, 0.1) is 6.92 Å². The maximum Gasteiger partial charge on any atom is 0.252 e. The lowest BCUT2D eigenvalue weighted by Crippen LogP contribution is -2.47. The van der Waals surface area contributed by atoms with Crippen molar-refractivity contribution in [2.75, 3.05) is 31.7 Å².